The van der Waals surface area contributed by atoms with Crippen molar-refractivity contribution in [2.45, 2.75) is 51.4 Å². The van der Waals surface area contributed by atoms with Gasteiger partial charge in [0.1, 0.15) is 11.8 Å². The van der Waals surface area contributed by atoms with Gasteiger partial charge >= 0.3 is 6.09 Å². The molecule has 0 aliphatic carbocycles. The lowest BCUT2D eigenvalue weighted by Gasteiger charge is -2.30. The third-order valence-electron chi connectivity index (χ3n) is 2.54. The molecular formula is C14H25FN2O5. The molecule has 2 atom stereocenters. The van der Waals surface area contributed by atoms with Crippen LogP contribution in [0, 0.1) is 0 Å². The summed E-state index contributed by atoms with van der Waals surface area (Å²) in [5, 5.41) is 19.0. The SMILES string of the molecule is C=C(N=CCC(F)[C@@H](CCO)N(O)C(=O)OC(C)(C)C)OC. The number of hydrogen-bond donors (Lipinski definition) is 2. The van der Waals surface area contributed by atoms with Crippen LogP contribution in [0.3, 0.4) is 0 Å². The van der Waals surface area contributed by atoms with E-state index in [4.69, 9.17) is 14.6 Å². The monoisotopic (exact) mass is 320 g/mol. The summed E-state index contributed by atoms with van der Waals surface area (Å²) in [6, 6.07) is -1.25. The van der Waals surface area contributed by atoms with Crippen LogP contribution in [0.5, 0.6) is 0 Å². The van der Waals surface area contributed by atoms with E-state index in [2.05, 4.69) is 11.6 Å². The number of amides is 1. The molecule has 0 aromatic heterocycles. The molecule has 2 N–H and O–H groups in total. The molecule has 1 amide bonds. The quantitative estimate of drug-likeness (QED) is 0.310. The topological polar surface area (TPSA) is 91.6 Å². The minimum atomic E-state index is -1.64. The van der Waals surface area contributed by atoms with Gasteiger partial charge in [-0.05, 0) is 33.8 Å². The van der Waals surface area contributed by atoms with Gasteiger partial charge in [0.25, 0.3) is 0 Å². The molecule has 7 nitrogen and oxygen atoms in total. The van der Waals surface area contributed by atoms with Crippen LogP contribution in [0.2, 0.25) is 0 Å². The molecule has 0 rings (SSSR count). The van der Waals surface area contributed by atoms with E-state index in [1.807, 2.05) is 0 Å². The van der Waals surface area contributed by atoms with Crippen LogP contribution >= 0.6 is 0 Å². The van der Waals surface area contributed by atoms with Gasteiger partial charge in [0.2, 0.25) is 5.88 Å². The zero-order chi connectivity index (χ0) is 17.3. The van der Waals surface area contributed by atoms with Crippen molar-refractivity contribution >= 4 is 12.3 Å². The van der Waals surface area contributed by atoms with Gasteiger partial charge < -0.3 is 14.6 Å². The van der Waals surface area contributed by atoms with Crippen molar-refractivity contribution in [2.24, 2.45) is 4.99 Å². The minimum absolute atomic E-state index is 0.110. The van der Waals surface area contributed by atoms with Crippen LogP contribution in [-0.4, -0.2) is 59.2 Å². The third-order valence-corrected chi connectivity index (χ3v) is 2.54. The van der Waals surface area contributed by atoms with Crippen LogP contribution in [0.1, 0.15) is 33.6 Å². The summed E-state index contributed by atoms with van der Waals surface area (Å²) in [7, 11) is 1.37. The van der Waals surface area contributed by atoms with Crippen LogP contribution in [0.15, 0.2) is 17.5 Å². The van der Waals surface area contributed by atoms with E-state index in [9.17, 15) is 14.4 Å². The van der Waals surface area contributed by atoms with Gasteiger partial charge in [-0.1, -0.05) is 0 Å². The lowest BCUT2D eigenvalue weighted by Crippen LogP contribution is -2.46. The number of aliphatic hydroxyl groups excluding tert-OH is 1. The molecule has 22 heavy (non-hydrogen) atoms. The second-order valence-electron chi connectivity index (χ2n) is 5.57. The summed E-state index contributed by atoms with van der Waals surface area (Å²) < 4.78 is 23.8. The highest BCUT2D eigenvalue weighted by molar-refractivity contribution is 5.67. The zero-order valence-corrected chi connectivity index (χ0v) is 13.5. The van der Waals surface area contributed by atoms with Crippen molar-refractivity contribution in [1.82, 2.24) is 5.06 Å². The third kappa shape index (κ3) is 7.94. The number of carbonyl (C=O) groups excluding carboxylic acids is 1. The maximum atomic E-state index is 14.2. The Morgan fingerprint density at radius 1 is 1.50 bits per heavy atom. The summed E-state index contributed by atoms with van der Waals surface area (Å²) in [5.41, 5.74) is -0.828. The van der Waals surface area contributed by atoms with E-state index < -0.39 is 30.5 Å². The predicted octanol–water partition coefficient (Wildman–Crippen LogP) is 2.28. The number of alkyl halides is 1. The molecule has 0 aliphatic rings. The number of ether oxygens (including phenoxy) is 2. The summed E-state index contributed by atoms with van der Waals surface area (Å²) in [6.07, 6.45) is -1.82. The molecule has 8 heteroatoms. The average molecular weight is 320 g/mol. The van der Waals surface area contributed by atoms with E-state index in [0.29, 0.717) is 0 Å². The number of aliphatic hydroxyl groups is 1. The highest BCUT2D eigenvalue weighted by Crippen LogP contribution is 2.17. The highest BCUT2D eigenvalue weighted by atomic mass is 19.1. The van der Waals surface area contributed by atoms with Gasteiger partial charge in [0.15, 0.2) is 0 Å². The Labute approximate surface area is 130 Å². The number of hydroxylamine groups is 2. The molecule has 0 saturated carbocycles. The predicted molar refractivity (Wildman–Crippen MR) is 79.5 cm³/mol. The Morgan fingerprint density at radius 2 is 2.09 bits per heavy atom. The molecule has 0 radical (unpaired) electrons. The lowest BCUT2D eigenvalue weighted by atomic mass is 10.1. The molecule has 0 aromatic carbocycles. The molecular weight excluding hydrogens is 295 g/mol. The van der Waals surface area contributed by atoms with Crippen molar-refractivity contribution < 1.29 is 29.0 Å². The summed E-state index contributed by atoms with van der Waals surface area (Å²) in [4.78, 5) is 15.5. The van der Waals surface area contributed by atoms with Gasteiger partial charge in [-0.3, -0.25) is 5.21 Å². The number of carbonyl (C=O) groups is 1. The Morgan fingerprint density at radius 3 is 2.55 bits per heavy atom. The van der Waals surface area contributed by atoms with E-state index in [-0.39, 0.29) is 23.8 Å². The van der Waals surface area contributed by atoms with E-state index in [0.717, 1.165) is 0 Å². The first kappa shape index (κ1) is 20.3. The molecule has 1 unspecified atom stereocenters. The molecule has 128 valence electrons. The van der Waals surface area contributed by atoms with Crippen molar-refractivity contribution in [3.05, 3.63) is 12.5 Å². The number of halogens is 1. The second-order valence-corrected chi connectivity index (χ2v) is 5.57. The number of aliphatic imine (C=N–C) groups is 1. The molecule has 0 spiro atoms. The maximum Gasteiger partial charge on any atom is 0.434 e. The zero-order valence-electron chi connectivity index (χ0n) is 13.5. The number of nitrogens with zero attached hydrogens (tertiary/aromatic N) is 2. The molecule has 0 aliphatic heterocycles. The first-order valence-corrected chi connectivity index (χ1v) is 6.83. The standard InChI is InChI=1S/C14H25FN2O5/c1-10(21-5)16-8-6-11(15)12(7-9-18)17(20)13(19)22-14(2,3)4/h8,11-12,18,20H,1,6-7,9H2,2-5H3/t11?,12-/m1/s1. The van der Waals surface area contributed by atoms with Gasteiger partial charge in [0.05, 0.1) is 13.2 Å². The van der Waals surface area contributed by atoms with E-state index in [1.165, 1.54) is 13.3 Å². The fourth-order valence-electron chi connectivity index (χ4n) is 1.50. The first-order chi connectivity index (χ1) is 10.1. The fraction of sp³-hybridized carbons (Fsp3) is 0.714. The van der Waals surface area contributed by atoms with Crippen LogP contribution in [0.25, 0.3) is 0 Å². The first-order valence-electron chi connectivity index (χ1n) is 6.83. The van der Waals surface area contributed by atoms with Gasteiger partial charge in [-0.2, -0.15) is 5.06 Å². The van der Waals surface area contributed by atoms with Gasteiger partial charge in [-0.15, -0.1) is 0 Å². The minimum Gasteiger partial charge on any atom is -0.481 e. The summed E-state index contributed by atoms with van der Waals surface area (Å²) in [5.74, 6) is 0.110. The van der Waals surface area contributed by atoms with Gasteiger partial charge in [-0.25, -0.2) is 14.2 Å². The lowest BCUT2D eigenvalue weighted by molar-refractivity contribution is -0.137. The van der Waals surface area contributed by atoms with Crippen molar-refractivity contribution in [1.29, 1.82) is 0 Å². The average Bonchev–Trinajstić information content (AvgIpc) is 2.41. The van der Waals surface area contributed by atoms with Gasteiger partial charge in [0, 0.05) is 19.2 Å². The fourth-order valence-corrected chi connectivity index (χ4v) is 1.50. The Balaban J connectivity index is 4.78. The van der Waals surface area contributed by atoms with Crippen LogP contribution in [0.4, 0.5) is 9.18 Å². The number of rotatable bonds is 8. The maximum absolute atomic E-state index is 14.2. The van der Waals surface area contributed by atoms with Crippen molar-refractivity contribution in [3.63, 3.8) is 0 Å². The number of hydrogen-bond acceptors (Lipinski definition) is 6. The number of methoxy groups -OCH3 is 1. The second kappa shape index (κ2) is 9.37. The van der Waals surface area contributed by atoms with Crippen molar-refractivity contribution in [2.75, 3.05) is 13.7 Å². The normalized spacial score (nSPS) is 14.5. The van der Waals surface area contributed by atoms with E-state index >= 15 is 0 Å². The summed E-state index contributed by atoms with van der Waals surface area (Å²) in [6.45, 7) is 7.90. The molecule has 0 saturated heterocycles. The Bertz CT molecular complexity index is 395. The van der Waals surface area contributed by atoms with Crippen LogP contribution < -0.4 is 0 Å². The molecule has 0 fully saturated rings. The smallest absolute Gasteiger partial charge is 0.434 e. The summed E-state index contributed by atoms with van der Waals surface area (Å²) >= 11 is 0. The molecule has 0 heterocycles. The molecule has 0 aromatic rings. The Hall–Kier alpha value is -1.67. The largest absolute Gasteiger partial charge is 0.481 e. The Kier molecular flexibility index (Phi) is 8.66. The highest BCUT2D eigenvalue weighted by Gasteiger charge is 2.32. The van der Waals surface area contributed by atoms with Crippen molar-refractivity contribution in [3.8, 4) is 0 Å². The molecule has 0 bridgehead atoms. The van der Waals surface area contributed by atoms with Crippen LogP contribution in [-0.2, 0) is 9.47 Å². The van der Waals surface area contributed by atoms with E-state index in [1.54, 1.807) is 20.8 Å².